The highest BCUT2D eigenvalue weighted by Crippen LogP contribution is 2.25. The Morgan fingerprint density at radius 3 is 2.54 bits per heavy atom. The molecule has 1 aromatic heterocycles. The van der Waals surface area contributed by atoms with E-state index in [4.69, 9.17) is 13.9 Å². The molecule has 0 saturated heterocycles. The van der Waals surface area contributed by atoms with Gasteiger partial charge in [-0.1, -0.05) is 0 Å². The number of nitrogens with one attached hydrogen (secondary N) is 1. The number of benzene rings is 1. The van der Waals surface area contributed by atoms with Gasteiger partial charge in [-0.15, -0.1) is 0 Å². The molecular formula is C18H22N2O4. The molecule has 0 aliphatic rings. The van der Waals surface area contributed by atoms with Crippen LogP contribution in [0.3, 0.4) is 0 Å². The lowest BCUT2D eigenvalue weighted by Crippen LogP contribution is -2.17. The minimum absolute atomic E-state index is 0.00385. The first-order chi connectivity index (χ1) is 11.5. The van der Waals surface area contributed by atoms with E-state index >= 15 is 0 Å². The number of nitrogens with zero attached hydrogens (tertiary/aromatic N) is 1. The summed E-state index contributed by atoms with van der Waals surface area (Å²) in [5, 5.41) is 3.95. The van der Waals surface area contributed by atoms with E-state index in [0.29, 0.717) is 5.75 Å². The first kappa shape index (κ1) is 17.6. The molecule has 1 aromatic carbocycles. The van der Waals surface area contributed by atoms with Crippen molar-refractivity contribution in [1.82, 2.24) is 5.43 Å². The molecule has 24 heavy (non-hydrogen) atoms. The highest BCUT2D eigenvalue weighted by molar-refractivity contribution is 5.92. The highest BCUT2D eigenvalue weighted by Gasteiger charge is 2.09. The molecule has 2 rings (SSSR count). The van der Waals surface area contributed by atoms with E-state index < -0.39 is 5.91 Å². The smallest absolute Gasteiger partial charge is 0.307 e. The SMILES string of the molecule is CC(C)Oc1ccc(/C=N\NC(=O)c2ccco2)c(OC(C)C)c1. The van der Waals surface area contributed by atoms with E-state index in [1.165, 1.54) is 12.5 Å². The number of ether oxygens (including phenoxy) is 2. The number of rotatable bonds is 7. The number of amides is 1. The van der Waals surface area contributed by atoms with E-state index in [9.17, 15) is 4.79 Å². The molecule has 0 aliphatic heterocycles. The van der Waals surface area contributed by atoms with Gasteiger partial charge in [-0.25, -0.2) is 5.43 Å². The van der Waals surface area contributed by atoms with Gasteiger partial charge in [0.2, 0.25) is 0 Å². The maximum Gasteiger partial charge on any atom is 0.307 e. The van der Waals surface area contributed by atoms with Crippen LogP contribution in [-0.2, 0) is 0 Å². The van der Waals surface area contributed by atoms with Crippen LogP contribution in [0.1, 0.15) is 43.8 Å². The van der Waals surface area contributed by atoms with Crippen molar-refractivity contribution in [2.75, 3.05) is 0 Å². The third kappa shape index (κ3) is 5.15. The van der Waals surface area contributed by atoms with Gasteiger partial charge >= 0.3 is 5.91 Å². The molecule has 0 saturated carbocycles. The summed E-state index contributed by atoms with van der Waals surface area (Å²) >= 11 is 0. The van der Waals surface area contributed by atoms with Crippen molar-refractivity contribution in [1.29, 1.82) is 0 Å². The lowest BCUT2D eigenvalue weighted by atomic mass is 10.2. The molecule has 1 N–H and O–H groups in total. The summed E-state index contributed by atoms with van der Waals surface area (Å²) in [6.45, 7) is 7.80. The fourth-order valence-electron chi connectivity index (χ4n) is 1.95. The normalized spacial score (nSPS) is 11.2. The number of hydrazone groups is 1. The Balaban J connectivity index is 2.12. The van der Waals surface area contributed by atoms with Gasteiger partial charge in [0.15, 0.2) is 5.76 Å². The van der Waals surface area contributed by atoms with Crippen LogP contribution in [0.4, 0.5) is 0 Å². The van der Waals surface area contributed by atoms with Gasteiger partial charge in [-0.2, -0.15) is 5.10 Å². The summed E-state index contributed by atoms with van der Waals surface area (Å²) in [5.41, 5.74) is 3.15. The van der Waals surface area contributed by atoms with Crippen LogP contribution in [-0.4, -0.2) is 24.3 Å². The Hall–Kier alpha value is -2.76. The van der Waals surface area contributed by atoms with Gasteiger partial charge in [0.05, 0.1) is 24.7 Å². The molecule has 6 heteroatoms. The van der Waals surface area contributed by atoms with Crippen LogP contribution in [0.5, 0.6) is 11.5 Å². The van der Waals surface area contributed by atoms with Gasteiger partial charge in [0, 0.05) is 11.6 Å². The van der Waals surface area contributed by atoms with Crippen LogP contribution in [0, 0.1) is 0 Å². The van der Waals surface area contributed by atoms with Gasteiger partial charge in [0.1, 0.15) is 11.5 Å². The molecule has 0 aliphatic carbocycles. The second-order valence-corrected chi connectivity index (χ2v) is 5.71. The molecule has 1 amide bonds. The molecule has 0 unspecified atom stereocenters. The first-order valence-electron chi connectivity index (χ1n) is 7.80. The number of carbonyl (C=O) groups excluding carboxylic acids is 1. The Bertz CT molecular complexity index is 691. The molecular weight excluding hydrogens is 308 g/mol. The molecule has 2 aromatic rings. The number of hydrogen-bond donors (Lipinski definition) is 1. The zero-order valence-corrected chi connectivity index (χ0v) is 14.3. The maximum atomic E-state index is 11.8. The van der Waals surface area contributed by atoms with Crippen LogP contribution in [0.25, 0.3) is 0 Å². The molecule has 0 bridgehead atoms. The van der Waals surface area contributed by atoms with Crippen LogP contribution >= 0.6 is 0 Å². The Morgan fingerprint density at radius 1 is 1.17 bits per heavy atom. The summed E-state index contributed by atoms with van der Waals surface area (Å²) < 4.78 is 16.5. The minimum Gasteiger partial charge on any atom is -0.491 e. The fraction of sp³-hybridized carbons (Fsp3) is 0.333. The Labute approximate surface area is 141 Å². The molecule has 1 heterocycles. The summed E-state index contributed by atoms with van der Waals surface area (Å²) in [6.07, 6.45) is 3.03. The van der Waals surface area contributed by atoms with Gasteiger partial charge in [0.25, 0.3) is 0 Å². The summed E-state index contributed by atoms with van der Waals surface area (Å²) in [4.78, 5) is 11.8. The predicted octanol–water partition coefficient (Wildman–Crippen LogP) is 3.62. The van der Waals surface area contributed by atoms with Crippen molar-refractivity contribution >= 4 is 12.1 Å². The quantitative estimate of drug-likeness (QED) is 0.621. The lowest BCUT2D eigenvalue weighted by Gasteiger charge is -2.15. The van der Waals surface area contributed by atoms with Gasteiger partial charge < -0.3 is 13.9 Å². The zero-order valence-electron chi connectivity index (χ0n) is 14.3. The van der Waals surface area contributed by atoms with Crippen molar-refractivity contribution in [2.24, 2.45) is 5.10 Å². The number of hydrogen-bond acceptors (Lipinski definition) is 5. The van der Waals surface area contributed by atoms with Crippen LogP contribution in [0.15, 0.2) is 46.1 Å². The largest absolute Gasteiger partial charge is 0.491 e. The standard InChI is InChI=1S/C18H22N2O4/c1-12(2)23-15-8-7-14(17(10-15)24-13(3)4)11-19-20-18(21)16-6-5-9-22-16/h5-13H,1-4H3,(H,20,21)/b19-11-. The lowest BCUT2D eigenvalue weighted by molar-refractivity contribution is 0.0927. The average molecular weight is 330 g/mol. The second kappa shape index (κ2) is 8.19. The topological polar surface area (TPSA) is 73.1 Å². The second-order valence-electron chi connectivity index (χ2n) is 5.71. The van der Waals surface area contributed by atoms with Gasteiger partial charge in [-0.3, -0.25) is 4.79 Å². The third-order valence-electron chi connectivity index (χ3n) is 2.83. The predicted molar refractivity (Wildman–Crippen MR) is 91.7 cm³/mol. The molecule has 0 fully saturated rings. The van der Waals surface area contributed by atoms with E-state index in [2.05, 4.69) is 10.5 Å². The van der Waals surface area contributed by atoms with Crippen LogP contribution < -0.4 is 14.9 Å². The molecule has 0 radical (unpaired) electrons. The van der Waals surface area contributed by atoms with Crippen molar-refractivity contribution in [2.45, 2.75) is 39.9 Å². The van der Waals surface area contributed by atoms with Crippen molar-refractivity contribution < 1.29 is 18.7 Å². The molecule has 0 atom stereocenters. The maximum absolute atomic E-state index is 11.8. The Kier molecular flexibility index (Phi) is 6.01. The van der Waals surface area contributed by atoms with Crippen molar-refractivity contribution in [3.05, 3.63) is 47.9 Å². The van der Waals surface area contributed by atoms with Crippen LogP contribution in [0.2, 0.25) is 0 Å². The molecule has 6 nitrogen and oxygen atoms in total. The molecule has 128 valence electrons. The van der Waals surface area contributed by atoms with Crippen molar-refractivity contribution in [3.63, 3.8) is 0 Å². The summed E-state index contributed by atoms with van der Waals surface area (Å²) in [7, 11) is 0. The minimum atomic E-state index is -0.415. The van der Waals surface area contributed by atoms with E-state index in [1.807, 2.05) is 45.9 Å². The summed E-state index contributed by atoms with van der Waals surface area (Å²) in [5.74, 6) is 1.14. The van der Waals surface area contributed by atoms with E-state index in [0.717, 1.165) is 11.3 Å². The third-order valence-corrected chi connectivity index (χ3v) is 2.83. The summed E-state index contributed by atoms with van der Waals surface area (Å²) in [6, 6.07) is 8.69. The number of furan rings is 1. The Morgan fingerprint density at radius 2 is 1.92 bits per heavy atom. The van der Waals surface area contributed by atoms with E-state index in [1.54, 1.807) is 12.1 Å². The zero-order chi connectivity index (χ0) is 17.5. The highest BCUT2D eigenvalue weighted by atomic mass is 16.5. The monoisotopic (exact) mass is 330 g/mol. The van der Waals surface area contributed by atoms with Crippen molar-refractivity contribution in [3.8, 4) is 11.5 Å². The number of carbonyl (C=O) groups is 1. The fourth-order valence-corrected chi connectivity index (χ4v) is 1.95. The van der Waals surface area contributed by atoms with Gasteiger partial charge in [-0.05, 0) is 52.0 Å². The first-order valence-corrected chi connectivity index (χ1v) is 7.80. The molecule has 0 spiro atoms. The average Bonchev–Trinajstić information content (AvgIpc) is 3.02. The van der Waals surface area contributed by atoms with E-state index in [-0.39, 0.29) is 18.0 Å².